The summed E-state index contributed by atoms with van der Waals surface area (Å²) in [6, 6.07) is 8.56. The zero-order valence-corrected chi connectivity index (χ0v) is 14.8. The molecule has 0 amide bonds. The first kappa shape index (κ1) is 16.4. The molecule has 0 aliphatic carbocycles. The van der Waals surface area contributed by atoms with Crippen molar-refractivity contribution in [2.75, 3.05) is 39.8 Å². The van der Waals surface area contributed by atoms with Crippen LogP contribution in [0.1, 0.15) is 31.2 Å². The molecule has 24 heavy (non-hydrogen) atoms. The van der Waals surface area contributed by atoms with Crippen LogP contribution >= 0.6 is 0 Å². The fourth-order valence-corrected chi connectivity index (χ4v) is 4.54. The van der Waals surface area contributed by atoms with Crippen LogP contribution in [0.3, 0.4) is 0 Å². The first-order valence-electron chi connectivity index (χ1n) is 9.48. The minimum absolute atomic E-state index is 0.186. The normalized spacial score (nSPS) is 29.5. The summed E-state index contributed by atoms with van der Waals surface area (Å²) < 4.78 is 11.7. The monoisotopic (exact) mass is 330 g/mol. The van der Waals surface area contributed by atoms with Crippen molar-refractivity contribution in [1.82, 2.24) is 10.2 Å². The highest BCUT2D eigenvalue weighted by molar-refractivity contribution is 5.27. The molecule has 0 radical (unpaired) electrons. The second-order valence-corrected chi connectivity index (χ2v) is 7.89. The van der Waals surface area contributed by atoms with E-state index in [2.05, 4.69) is 34.5 Å². The van der Waals surface area contributed by atoms with Gasteiger partial charge in [-0.3, -0.25) is 0 Å². The summed E-state index contributed by atoms with van der Waals surface area (Å²) in [4.78, 5) is 2.63. The Hall–Kier alpha value is -1.10. The fraction of sp³-hybridized carbons (Fsp3) is 0.700. The van der Waals surface area contributed by atoms with E-state index < -0.39 is 0 Å². The fourth-order valence-electron chi connectivity index (χ4n) is 4.54. The molecular weight excluding hydrogens is 300 g/mol. The second kappa shape index (κ2) is 7.03. The minimum atomic E-state index is 0.186. The van der Waals surface area contributed by atoms with Crippen molar-refractivity contribution >= 4 is 0 Å². The van der Waals surface area contributed by atoms with E-state index in [1.165, 1.54) is 50.8 Å². The van der Waals surface area contributed by atoms with Gasteiger partial charge in [0.05, 0.1) is 18.8 Å². The summed E-state index contributed by atoms with van der Waals surface area (Å²) in [7, 11) is 1.72. The van der Waals surface area contributed by atoms with Crippen molar-refractivity contribution in [1.29, 1.82) is 0 Å². The molecule has 3 fully saturated rings. The van der Waals surface area contributed by atoms with Gasteiger partial charge in [0.15, 0.2) is 0 Å². The number of rotatable bonds is 5. The van der Waals surface area contributed by atoms with Gasteiger partial charge in [0.1, 0.15) is 5.75 Å². The Kier molecular flexibility index (Phi) is 4.79. The molecule has 132 valence electrons. The zero-order chi connectivity index (χ0) is 16.4. The molecule has 2 atom stereocenters. The van der Waals surface area contributed by atoms with Gasteiger partial charge in [-0.15, -0.1) is 0 Å². The third-order valence-corrected chi connectivity index (χ3v) is 5.98. The molecule has 1 spiro atoms. The van der Waals surface area contributed by atoms with Crippen molar-refractivity contribution in [2.24, 2.45) is 5.92 Å². The van der Waals surface area contributed by atoms with Gasteiger partial charge in [0.2, 0.25) is 0 Å². The molecule has 0 saturated carbocycles. The Morgan fingerprint density at radius 1 is 1.25 bits per heavy atom. The van der Waals surface area contributed by atoms with Gasteiger partial charge in [-0.05, 0) is 62.3 Å². The summed E-state index contributed by atoms with van der Waals surface area (Å²) in [5.74, 6) is 1.72. The van der Waals surface area contributed by atoms with Gasteiger partial charge in [-0.2, -0.15) is 0 Å². The van der Waals surface area contributed by atoms with Gasteiger partial charge in [-0.1, -0.05) is 12.1 Å². The summed E-state index contributed by atoms with van der Waals surface area (Å²) in [5.41, 5.74) is 1.61. The molecular formula is C20H30N2O2. The molecule has 3 aliphatic heterocycles. The van der Waals surface area contributed by atoms with Crippen LogP contribution in [0.2, 0.25) is 0 Å². The van der Waals surface area contributed by atoms with E-state index in [9.17, 15) is 0 Å². The summed E-state index contributed by atoms with van der Waals surface area (Å²) in [5, 5.41) is 3.38. The van der Waals surface area contributed by atoms with E-state index in [0.29, 0.717) is 6.10 Å². The zero-order valence-electron chi connectivity index (χ0n) is 14.8. The van der Waals surface area contributed by atoms with Gasteiger partial charge < -0.3 is 19.7 Å². The summed E-state index contributed by atoms with van der Waals surface area (Å²) in [6.07, 6.45) is 6.75. The molecule has 0 bridgehead atoms. The van der Waals surface area contributed by atoms with Crippen molar-refractivity contribution < 1.29 is 9.47 Å². The molecule has 4 nitrogen and oxygen atoms in total. The maximum atomic E-state index is 6.43. The lowest BCUT2D eigenvalue weighted by Crippen LogP contribution is -2.64. The Balaban J connectivity index is 1.25. The van der Waals surface area contributed by atoms with E-state index in [1.54, 1.807) is 7.11 Å². The lowest BCUT2D eigenvalue weighted by atomic mass is 9.86. The molecule has 0 aromatic heterocycles. The highest BCUT2D eigenvalue weighted by Gasteiger charge is 2.42. The van der Waals surface area contributed by atoms with Crippen LogP contribution in [-0.4, -0.2) is 56.4 Å². The SMILES string of the molecule is COc1ccc(CC2CCN(CC3CCCC4(CNC4)O3)C2)cc1. The third-order valence-electron chi connectivity index (χ3n) is 5.98. The molecule has 2 unspecified atom stereocenters. The molecule has 3 heterocycles. The average molecular weight is 330 g/mol. The number of likely N-dealkylation sites (tertiary alicyclic amines) is 1. The van der Waals surface area contributed by atoms with Crippen molar-refractivity contribution in [2.45, 2.75) is 43.8 Å². The Morgan fingerprint density at radius 3 is 2.79 bits per heavy atom. The highest BCUT2D eigenvalue weighted by atomic mass is 16.5. The quantitative estimate of drug-likeness (QED) is 0.899. The largest absolute Gasteiger partial charge is 0.497 e. The summed E-state index contributed by atoms with van der Waals surface area (Å²) in [6.45, 7) is 5.69. The van der Waals surface area contributed by atoms with E-state index in [0.717, 1.165) is 31.3 Å². The van der Waals surface area contributed by atoms with Crippen LogP contribution in [0.4, 0.5) is 0 Å². The third kappa shape index (κ3) is 3.61. The van der Waals surface area contributed by atoms with E-state index in [1.807, 2.05) is 0 Å². The maximum Gasteiger partial charge on any atom is 0.118 e. The van der Waals surface area contributed by atoms with E-state index >= 15 is 0 Å². The lowest BCUT2D eigenvalue weighted by molar-refractivity contribution is -0.158. The number of nitrogens with one attached hydrogen (secondary N) is 1. The smallest absolute Gasteiger partial charge is 0.118 e. The van der Waals surface area contributed by atoms with Crippen molar-refractivity contribution in [3.8, 4) is 5.75 Å². The minimum Gasteiger partial charge on any atom is -0.497 e. The van der Waals surface area contributed by atoms with Crippen LogP contribution in [-0.2, 0) is 11.2 Å². The topological polar surface area (TPSA) is 33.7 Å². The van der Waals surface area contributed by atoms with Crippen LogP contribution in [0.25, 0.3) is 0 Å². The van der Waals surface area contributed by atoms with Gasteiger partial charge in [0, 0.05) is 26.2 Å². The molecule has 3 saturated heterocycles. The van der Waals surface area contributed by atoms with Crippen LogP contribution in [0, 0.1) is 5.92 Å². The molecule has 1 aromatic rings. The number of ether oxygens (including phenoxy) is 2. The number of hydrogen-bond acceptors (Lipinski definition) is 4. The summed E-state index contributed by atoms with van der Waals surface area (Å²) >= 11 is 0. The molecule has 1 N–H and O–H groups in total. The highest BCUT2D eigenvalue weighted by Crippen LogP contribution is 2.33. The predicted octanol–water partition coefficient (Wildman–Crippen LogP) is 2.47. The maximum absolute atomic E-state index is 6.43. The van der Waals surface area contributed by atoms with Crippen LogP contribution in [0.5, 0.6) is 5.75 Å². The van der Waals surface area contributed by atoms with Gasteiger partial charge in [0.25, 0.3) is 0 Å². The van der Waals surface area contributed by atoms with Crippen LogP contribution in [0.15, 0.2) is 24.3 Å². The Bertz CT molecular complexity index is 541. The first-order valence-corrected chi connectivity index (χ1v) is 9.48. The number of hydrogen-bond donors (Lipinski definition) is 1. The van der Waals surface area contributed by atoms with E-state index in [-0.39, 0.29) is 5.60 Å². The van der Waals surface area contributed by atoms with Crippen molar-refractivity contribution in [3.05, 3.63) is 29.8 Å². The molecule has 4 heteroatoms. The first-order chi connectivity index (χ1) is 11.7. The predicted molar refractivity (Wildman–Crippen MR) is 95.6 cm³/mol. The molecule has 3 aliphatic rings. The Morgan fingerprint density at radius 2 is 2.08 bits per heavy atom. The van der Waals surface area contributed by atoms with Gasteiger partial charge >= 0.3 is 0 Å². The van der Waals surface area contributed by atoms with E-state index in [4.69, 9.17) is 9.47 Å². The van der Waals surface area contributed by atoms with Gasteiger partial charge in [-0.25, -0.2) is 0 Å². The lowest BCUT2D eigenvalue weighted by Gasteiger charge is -2.48. The standard InChI is InChI=1S/C20H30N2O2/c1-23-18-6-4-16(5-7-18)11-17-8-10-22(12-17)13-19-3-2-9-20(24-19)14-21-15-20/h4-7,17,19,21H,2-3,8-15H2,1H3. The number of nitrogens with zero attached hydrogens (tertiary/aromatic N) is 1. The molecule has 4 rings (SSSR count). The van der Waals surface area contributed by atoms with Crippen LogP contribution < -0.4 is 10.1 Å². The van der Waals surface area contributed by atoms with Crippen molar-refractivity contribution in [3.63, 3.8) is 0 Å². The molecule has 1 aromatic carbocycles. The number of benzene rings is 1. The Labute approximate surface area is 145 Å². The number of methoxy groups -OCH3 is 1. The average Bonchev–Trinajstić information content (AvgIpc) is 3.01. The second-order valence-electron chi connectivity index (χ2n) is 7.89.